The topological polar surface area (TPSA) is 49.3 Å². The van der Waals surface area contributed by atoms with E-state index in [0.717, 1.165) is 32.4 Å². The first kappa shape index (κ1) is 30.3. The van der Waals surface area contributed by atoms with Crippen LogP contribution in [0.15, 0.2) is 54.6 Å². The Bertz CT molecular complexity index is 531. The number of carbonyl (C=O) groups excluding carboxylic acids is 1. The predicted octanol–water partition coefficient (Wildman–Crippen LogP) is 6.87. The molecule has 0 spiro atoms. The average Bonchev–Trinajstić information content (AvgIpc) is 3.28. The summed E-state index contributed by atoms with van der Waals surface area (Å²) < 4.78 is 0. The van der Waals surface area contributed by atoms with Crippen molar-refractivity contribution >= 4 is 5.91 Å². The molecular weight excluding hydrogens is 370 g/mol. The van der Waals surface area contributed by atoms with E-state index in [-0.39, 0.29) is 13.3 Å². The summed E-state index contributed by atoms with van der Waals surface area (Å²) in [5, 5.41) is 9.76. The Morgan fingerprint density at radius 2 is 1.70 bits per heavy atom. The van der Waals surface area contributed by atoms with Crippen molar-refractivity contribution in [2.24, 2.45) is 5.92 Å². The van der Waals surface area contributed by atoms with Crippen LogP contribution < -0.4 is 5.32 Å². The highest BCUT2D eigenvalue weighted by Crippen LogP contribution is 2.25. The normalized spacial score (nSPS) is 13.2. The molecule has 0 unspecified atom stereocenters. The minimum Gasteiger partial charge on any atom is -0.400 e. The summed E-state index contributed by atoms with van der Waals surface area (Å²) in [7, 11) is 1.00. The second-order valence-electron chi connectivity index (χ2n) is 7.27. The Kier molecular flexibility index (Phi) is 23.7. The molecule has 0 saturated heterocycles. The number of aryl methyl sites for hydroxylation is 1. The summed E-state index contributed by atoms with van der Waals surface area (Å²) in [6.45, 7) is 4.67. The molecule has 3 heteroatoms. The fourth-order valence-corrected chi connectivity index (χ4v) is 3.34. The van der Waals surface area contributed by atoms with Gasteiger partial charge in [-0.2, -0.15) is 0 Å². The van der Waals surface area contributed by atoms with E-state index < -0.39 is 0 Å². The number of hydrogen-bond acceptors (Lipinski definition) is 2. The van der Waals surface area contributed by atoms with Crippen LogP contribution in [0.2, 0.25) is 0 Å². The summed E-state index contributed by atoms with van der Waals surface area (Å²) in [4.78, 5) is 10.9. The van der Waals surface area contributed by atoms with Gasteiger partial charge in [-0.1, -0.05) is 74.9 Å². The Labute approximate surface area is 186 Å². The van der Waals surface area contributed by atoms with Crippen molar-refractivity contribution < 1.29 is 9.90 Å². The highest BCUT2D eigenvalue weighted by atomic mass is 16.2. The van der Waals surface area contributed by atoms with Gasteiger partial charge < -0.3 is 10.4 Å². The number of amides is 1. The molecule has 0 heterocycles. The van der Waals surface area contributed by atoms with Gasteiger partial charge in [0.15, 0.2) is 0 Å². The first-order valence-corrected chi connectivity index (χ1v) is 11.3. The fraction of sp³-hybridized carbons (Fsp3) is 0.593. The summed E-state index contributed by atoms with van der Waals surface area (Å²) in [6.07, 6.45) is 21.0. The molecule has 1 saturated carbocycles. The maximum absolute atomic E-state index is 10.9. The van der Waals surface area contributed by atoms with Crippen LogP contribution in [0.1, 0.15) is 84.6 Å². The molecule has 1 fully saturated rings. The molecule has 0 aliphatic heterocycles. The number of hydrogen-bond donors (Lipinski definition) is 2. The first-order chi connectivity index (χ1) is 14.3. The molecule has 3 nitrogen and oxygen atoms in total. The molecule has 172 valence electrons. The molecule has 1 aromatic carbocycles. The van der Waals surface area contributed by atoms with E-state index in [4.69, 9.17) is 5.11 Å². The van der Waals surface area contributed by atoms with E-state index in [0.29, 0.717) is 6.42 Å². The van der Waals surface area contributed by atoms with Gasteiger partial charge in [-0.05, 0) is 70.3 Å². The molecule has 0 atom stereocenters. The molecule has 30 heavy (non-hydrogen) atoms. The van der Waals surface area contributed by atoms with Crippen LogP contribution >= 0.6 is 0 Å². The van der Waals surface area contributed by atoms with E-state index in [1.807, 2.05) is 19.9 Å². The lowest BCUT2D eigenvalue weighted by Crippen LogP contribution is -2.21. The van der Waals surface area contributed by atoms with Gasteiger partial charge in [-0.3, -0.25) is 4.79 Å². The molecule has 1 aliphatic carbocycles. The second kappa shape index (κ2) is 23.4. The zero-order valence-corrected chi connectivity index (χ0v) is 18.9. The number of unbranched alkanes of at least 4 members (excludes halogenated alkanes) is 2. The van der Waals surface area contributed by atoms with Crippen molar-refractivity contribution in [2.45, 2.75) is 85.5 Å². The number of benzene rings is 1. The number of aliphatic hydroxyl groups excluding tert-OH is 1. The van der Waals surface area contributed by atoms with Gasteiger partial charge in [-0.25, -0.2) is 0 Å². The SMILES string of the molecule is C.C(=C\C1CCCC1)/CCCc1ccccc1.C/C=C\CCCC(=O)NCC.CO. The van der Waals surface area contributed by atoms with E-state index >= 15 is 0 Å². The van der Waals surface area contributed by atoms with E-state index in [9.17, 15) is 4.79 Å². The largest absolute Gasteiger partial charge is 0.400 e. The third-order valence-electron chi connectivity index (χ3n) is 4.87. The molecule has 2 N–H and O–H groups in total. The van der Waals surface area contributed by atoms with Crippen molar-refractivity contribution in [3.8, 4) is 0 Å². The number of aliphatic hydroxyl groups is 1. The zero-order chi connectivity index (χ0) is 21.6. The van der Waals surface area contributed by atoms with Gasteiger partial charge in [0.2, 0.25) is 5.91 Å². The Hall–Kier alpha value is -1.87. The fourth-order valence-electron chi connectivity index (χ4n) is 3.34. The van der Waals surface area contributed by atoms with Crippen molar-refractivity contribution in [3.63, 3.8) is 0 Å². The first-order valence-electron chi connectivity index (χ1n) is 11.3. The average molecular weight is 418 g/mol. The van der Waals surface area contributed by atoms with Crippen LogP contribution in [0, 0.1) is 5.92 Å². The molecule has 1 amide bonds. The third-order valence-corrected chi connectivity index (χ3v) is 4.87. The zero-order valence-electron chi connectivity index (χ0n) is 18.9. The van der Waals surface area contributed by atoms with Gasteiger partial charge in [0.05, 0.1) is 0 Å². The third kappa shape index (κ3) is 18.2. The van der Waals surface area contributed by atoms with Gasteiger partial charge in [0.25, 0.3) is 0 Å². The lowest BCUT2D eigenvalue weighted by molar-refractivity contribution is -0.121. The van der Waals surface area contributed by atoms with Crippen LogP contribution in [-0.4, -0.2) is 24.7 Å². The van der Waals surface area contributed by atoms with Crippen molar-refractivity contribution in [1.82, 2.24) is 5.32 Å². The highest BCUT2D eigenvalue weighted by molar-refractivity contribution is 5.75. The minimum absolute atomic E-state index is 0. The van der Waals surface area contributed by atoms with Crippen LogP contribution in [0.25, 0.3) is 0 Å². The molecule has 2 rings (SSSR count). The number of allylic oxidation sites excluding steroid dienone is 4. The Morgan fingerprint density at radius 3 is 2.30 bits per heavy atom. The van der Waals surface area contributed by atoms with Gasteiger partial charge >= 0.3 is 0 Å². The summed E-state index contributed by atoms with van der Waals surface area (Å²) in [5.74, 6) is 1.06. The molecular formula is C27H47NO2. The molecule has 1 aromatic rings. The monoisotopic (exact) mass is 417 g/mol. The van der Waals surface area contributed by atoms with E-state index in [2.05, 4.69) is 53.9 Å². The summed E-state index contributed by atoms with van der Waals surface area (Å²) in [6, 6.07) is 10.8. The van der Waals surface area contributed by atoms with Crippen LogP contribution in [0.4, 0.5) is 0 Å². The quantitative estimate of drug-likeness (QED) is 0.322. The lowest BCUT2D eigenvalue weighted by atomic mass is 10.1. The standard InChI is InChI=1S/C16H22.C9H17NO.CH4O.CH4/c1-3-9-15(10-4-1)11-5-2-6-12-16-13-7-8-14-16;1-3-5-6-7-8-9(11)10-4-2;1-2;/h1,3-4,6,9-10,12,16H,2,5,7-8,11,13-14H2;3,5H,4,6-8H2,1-2H3,(H,10,11);2H,1H3;1H4/b12-6+;5-3-;;. The number of carbonyl (C=O) groups is 1. The number of rotatable bonds is 10. The second-order valence-corrected chi connectivity index (χ2v) is 7.27. The molecule has 0 aromatic heterocycles. The van der Waals surface area contributed by atoms with Crippen LogP contribution in [0.5, 0.6) is 0 Å². The van der Waals surface area contributed by atoms with Gasteiger partial charge in [-0.15, -0.1) is 0 Å². The van der Waals surface area contributed by atoms with Crippen molar-refractivity contribution in [3.05, 3.63) is 60.2 Å². The van der Waals surface area contributed by atoms with E-state index in [1.54, 1.807) is 0 Å². The summed E-state index contributed by atoms with van der Waals surface area (Å²) >= 11 is 0. The molecule has 0 bridgehead atoms. The maximum Gasteiger partial charge on any atom is 0.219 e. The highest BCUT2D eigenvalue weighted by Gasteiger charge is 2.10. The smallest absolute Gasteiger partial charge is 0.219 e. The van der Waals surface area contributed by atoms with E-state index in [1.165, 1.54) is 50.5 Å². The predicted molar refractivity (Wildman–Crippen MR) is 133 cm³/mol. The lowest BCUT2D eigenvalue weighted by Gasteiger charge is -2.01. The van der Waals surface area contributed by atoms with Crippen molar-refractivity contribution in [1.29, 1.82) is 0 Å². The maximum atomic E-state index is 10.9. The van der Waals surface area contributed by atoms with Crippen LogP contribution in [-0.2, 0) is 11.2 Å². The minimum atomic E-state index is 0. The molecule has 0 radical (unpaired) electrons. The Morgan fingerprint density at radius 1 is 1.07 bits per heavy atom. The molecule has 1 aliphatic rings. The van der Waals surface area contributed by atoms with Crippen LogP contribution in [0.3, 0.4) is 0 Å². The number of nitrogens with one attached hydrogen (secondary N) is 1. The van der Waals surface area contributed by atoms with Crippen molar-refractivity contribution in [2.75, 3.05) is 13.7 Å². The Balaban J connectivity index is 0. The van der Waals surface area contributed by atoms with Gasteiger partial charge in [0, 0.05) is 20.1 Å². The summed E-state index contributed by atoms with van der Waals surface area (Å²) in [5.41, 5.74) is 1.47. The van der Waals surface area contributed by atoms with Gasteiger partial charge in [0.1, 0.15) is 0 Å².